The molecule has 0 bridgehead atoms. The van der Waals surface area contributed by atoms with Gasteiger partial charge in [-0.25, -0.2) is 9.97 Å². The van der Waals surface area contributed by atoms with Gasteiger partial charge in [-0.2, -0.15) is 4.98 Å². The van der Waals surface area contributed by atoms with E-state index in [1.54, 1.807) is 12.3 Å². The Labute approximate surface area is 114 Å². The van der Waals surface area contributed by atoms with E-state index >= 15 is 0 Å². The molecule has 0 atom stereocenters. The molecule has 0 radical (unpaired) electrons. The standard InChI is InChI=1S/C12H8Cl2N4/c13-10-4-3-8(6-15-10)7-18-5-1-2-9-11(18)17-12(14)16-9/h1-6H,7H2. The van der Waals surface area contributed by atoms with Gasteiger partial charge in [0, 0.05) is 12.4 Å². The van der Waals surface area contributed by atoms with Crippen molar-refractivity contribution in [1.82, 2.24) is 19.5 Å². The van der Waals surface area contributed by atoms with Gasteiger partial charge in [-0.3, -0.25) is 0 Å². The number of rotatable bonds is 2. The van der Waals surface area contributed by atoms with Crippen molar-refractivity contribution in [1.29, 1.82) is 0 Å². The zero-order valence-electron chi connectivity index (χ0n) is 9.22. The van der Waals surface area contributed by atoms with Crippen molar-refractivity contribution >= 4 is 23.2 Å². The topological polar surface area (TPSA) is 43.6 Å². The first-order valence-electron chi connectivity index (χ1n) is 5.31. The smallest absolute Gasteiger partial charge is 0.225 e. The number of hydrogen-bond acceptors (Lipinski definition) is 3. The molecule has 6 heteroatoms. The Balaban J connectivity index is 1.98. The number of hydrogen-bond donors (Lipinski definition) is 0. The Hall–Kier alpha value is -1.65. The molecule has 0 spiro atoms. The van der Waals surface area contributed by atoms with E-state index in [4.69, 9.17) is 23.2 Å². The molecule has 0 aromatic carbocycles. The van der Waals surface area contributed by atoms with E-state index in [9.17, 15) is 0 Å². The van der Waals surface area contributed by atoms with Crippen LogP contribution in [0.2, 0.25) is 10.4 Å². The molecular weight excluding hydrogens is 271 g/mol. The maximum atomic E-state index is 5.81. The highest BCUT2D eigenvalue weighted by Crippen LogP contribution is 2.21. The summed E-state index contributed by atoms with van der Waals surface area (Å²) in [6.45, 7) is 0.649. The Morgan fingerprint density at radius 1 is 1.11 bits per heavy atom. The van der Waals surface area contributed by atoms with Crippen molar-refractivity contribution < 1.29 is 0 Å². The Kier molecular flexibility index (Phi) is 2.89. The van der Waals surface area contributed by atoms with Crippen LogP contribution in [0.25, 0.3) is 11.5 Å². The van der Waals surface area contributed by atoms with Crippen molar-refractivity contribution in [2.45, 2.75) is 6.54 Å². The Bertz CT molecular complexity index is 648. The van der Waals surface area contributed by atoms with Gasteiger partial charge in [0.05, 0.1) is 6.54 Å². The van der Waals surface area contributed by atoms with Gasteiger partial charge in [-0.05, 0) is 35.4 Å². The third kappa shape index (κ3) is 2.17. The van der Waals surface area contributed by atoms with E-state index in [2.05, 4.69) is 15.0 Å². The monoisotopic (exact) mass is 278 g/mol. The first kappa shape index (κ1) is 11.4. The quantitative estimate of drug-likeness (QED) is 0.677. The van der Waals surface area contributed by atoms with Gasteiger partial charge in [-0.15, -0.1) is 0 Å². The molecule has 0 aliphatic carbocycles. The summed E-state index contributed by atoms with van der Waals surface area (Å²) in [4.78, 5) is 12.4. The van der Waals surface area contributed by atoms with Crippen LogP contribution < -0.4 is 0 Å². The molecule has 2 aliphatic heterocycles. The van der Waals surface area contributed by atoms with Gasteiger partial charge in [0.25, 0.3) is 0 Å². The van der Waals surface area contributed by atoms with Gasteiger partial charge in [0.15, 0.2) is 5.82 Å². The van der Waals surface area contributed by atoms with Crippen LogP contribution >= 0.6 is 23.2 Å². The molecule has 90 valence electrons. The minimum Gasteiger partial charge on any atom is -0.327 e. The van der Waals surface area contributed by atoms with Crippen LogP contribution in [0.5, 0.6) is 0 Å². The fourth-order valence-corrected chi connectivity index (χ4v) is 2.06. The second-order valence-electron chi connectivity index (χ2n) is 3.83. The zero-order chi connectivity index (χ0) is 12.5. The maximum absolute atomic E-state index is 5.81. The molecule has 0 saturated heterocycles. The van der Waals surface area contributed by atoms with Gasteiger partial charge < -0.3 is 4.57 Å². The maximum Gasteiger partial charge on any atom is 0.225 e. The van der Waals surface area contributed by atoms with Crippen molar-refractivity contribution in [2.75, 3.05) is 0 Å². The summed E-state index contributed by atoms with van der Waals surface area (Å²) in [7, 11) is 0. The number of nitrogens with zero attached hydrogens (tertiary/aromatic N) is 4. The molecule has 1 aromatic heterocycles. The summed E-state index contributed by atoms with van der Waals surface area (Å²) in [6.07, 6.45) is 3.67. The van der Waals surface area contributed by atoms with Crippen molar-refractivity contribution in [3.63, 3.8) is 0 Å². The Morgan fingerprint density at radius 2 is 2.00 bits per heavy atom. The number of imidazole rings is 1. The summed E-state index contributed by atoms with van der Waals surface area (Å²) in [5.41, 5.74) is 1.82. The largest absolute Gasteiger partial charge is 0.327 e. The predicted octanol–water partition coefficient (Wildman–Crippen LogP) is 3.13. The molecule has 3 heterocycles. The van der Waals surface area contributed by atoms with Crippen molar-refractivity contribution in [2.24, 2.45) is 0 Å². The lowest BCUT2D eigenvalue weighted by Gasteiger charge is -2.09. The average Bonchev–Trinajstić information content (AvgIpc) is 2.73. The zero-order valence-corrected chi connectivity index (χ0v) is 10.7. The van der Waals surface area contributed by atoms with E-state index < -0.39 is 0 Å². The third-order valence-corrected chi connectivity index (χ3v) is 2.97. The van der Waals surface area contributed by atoms with Crippen molar-refractivity contribution in [3.8, 4) is 11.5 Å². The third-order valence-electron chi connectivity index (χ3n) is 2.57. The van der Waals surface area contributed by atoms with Gasteiger partial charge in [0.2, 0.25) is 5.28 Å². The highest BCUT2D eigenvalue weighted by atomic mass is 35.5. The van der Waals surface area contributed by atoms with Crippen LogP contribution in [0, 0.1) is 0 Å². The molecule has 2 aliphatic rings. The minimum absolute atomic E-state index is 0.263. The van der Waals surface area contributed by atoms with Crippen LogP contribution in [0.1, 0.15) is 5.56 Å². The predicted molar refractivity (Wildman–Crippen MR) is 70.0 cm³/mol. The van der Waals surface area contributed by atoms with E-state index in [0.717, 1.165) is 17.1 Å². The van der Waals surface area contributed by atoms with Gasteiger partial charge in [-0.1, -0.05) is 17.7 Å². The first-order valence-corrected chi connectivity index (χ1v) is 6.07. The normalized spacial score (nSPS) is 11.0. The number of fused-ring (bicyclic) bond motifs is 1. The molecular formula is C12H8Cl2N4. The number of aromatic nitrogens is 4. The first-order chi connectivity index (χ1) is 8.72. The van der Waals surface area contributed by atoms with Crippen molar-refractivity contribution in [3.05, 3.63) is 52.7 Å². The summed E-state index contributed by atoms with van der Waals surface area (Å²) >= 11 is 11.6. The van der Waals surface area contributed by atoms with E-state index in [-0.39, 0.29) is 5.28 Å². The van der Waals surface area contributed by atoms with Crippen LogP contribution in [0.15, 0.2) is 36.7 Å². The SMILES string of the molecule is Clc1ccc(Cn2cccc3nc(Cl)nc2-3)cn1. The molecule has 0 N–H and O–H groups in total. The number of halogens is 2. The fraction of sp³-hybridized carbons (Fsp3) is 0.0833. The van der Waals surface area contributed by atoms with E-state index in [1.807, 2.05) is 29.0 Å². The van der Waals surface area contributed by atoms with E-state index in [1.165, 1.54) is 0 Å². The molecule has 4 nitrogen and oxygen atoms in total. The molecule has 0 saturated carbocycles. The highest BCUT2D eigenvalue weighted by Gasteiger charge is 2.12. The summed E-state index contributed by atoms with van der Waals surface area (Å²) in [5.74, 6) is 0.762. The lowest BCUT2D eigenvalue weighted by molar-refractivity contribution is 0.781. The molecule has 3 rings (SSSR count). The highest BCUT2D eigenvalue weighted by molar-refractivity contribution is 6.29. The van der Waals surface area contributed by atoms with Crippen LogP contribution in [0.4, 0.5) is 0 Å². The number of pyridine rings is 2. The molecule has 18 heavy (non-hydrogen) atoms. The van der Waals surface area contributed by atoms with Crippen LogP contribution in [-0.4, -0.2) is 19.5 Å². The van der Waals surface area contributed by atoms with Crippen LogP contribution in [0.3, 0.4) is 0 Å². The van der Waals surface area contributed by atoms with Gasteiger partial charge >= 0.3 is 0 Å². The van der Waals surface area contributed by atoms with Gasteiger partial charge in [0.1, 0.15) is 10.8 Å². The lowest BCUT2D eigenvalue weighted by atomic mass is 10.2. The molecule has 0 fully saturated rings. The second kappa shape index (κ2) is 4.55. The lowest BCUT2D eigenvalue weighted by Crippen LogP contribution is -2.04. The molecule has 1 aromatic rings. The van der Waals surface area contributed by atoms with E-state index in [0.29, 0.717) is 11.7 Å². The summed E-state index contributed by atoms with van der Waals surface area (Å²) in [5, 5.41) is 0.747. The fourth-order valence-electron chi connectivity index (χ4n) is 1.78. The second-order valence-corrected chi connectivity index (χ2v) is 4.55. The summed E-state index contributed by atoms with van der Waals surface area (Å²) < 4.78 is 1.97. The Morgan fingerprint density at radius 3 is 2.78 bits per heavy atom. The minimum atomic E-state index is 0.263. The van der Waals surface area contributed by atoms with Crippen LogP contribution in [-0.2, 0) is 6.54 Å². The molecule has 0 amide bonds. The average molecular weight is 279 g/mol. The molecule has 0 unspecified atom stereocenters. The summed E-state index contributed by atoms with van der Waals surface area (Å²) in [6, 6.07) is 7.49.